The van der Waals surface area contributed by atoms with E-state index in [-0.39, 0.29) is 11.9 Å². The van der Waals surface area contributed by atoms with Gasteiger partial charge in [0.2, 0.25) is 5.91 Å². The monoisotopic (exact) mass is 268 g/mol. The van der Waals surface area contributed by atoms with E-state index < -0.39 is 0 Å². The number of nitrogens with zero attached hydrogens (tertiary/aromatic N) is 2. The van der Waals surface area contributed by atoms with Crippen LogP contribution in [0.3, 0.4) is 0 Å². The summed E-state index contributed by atoms with van der Waals surface area (Å²) < 4.78 is 2.26. The predicted octanol–water partition coefficient (Wildman–Crippen LogP) is 3.14. The van der Waals surface area contributed by atoms with E-state index in [0.29, 0.717) is 6.42 Å². The Morgan fingerprint density at radius 1 is 1.20 bits per heavy atom. The lowest BCUT2D eigenvalue weighted by molar-refractivity contribution is -0.133. The number of carbonyl (C=O) groups excluding carboxylic acids is 1. The van der Waals surface area contributed by atoms with Gasteiger partial charge in [-0.1, -0.05) is 31.2 Å². The summed E-state index contributed by atoms with van der Waals surface area (Å²) in [6, 6.07) is 12.6. The molecule has 2 aromatic rings. The Kier molecular flexibility index (Phi) is 3.35. The number of aryl methyl sites for hydroxylation is 1. The van der Waals surface area contributed by atoms with Crippen molar-refractivity contribution in [3.05, 3.63) is 59.4 Å². The average Bonchev–Trinajstić information content (AvgIpc) is 2.94. The minimum absolute atomic E-state index is 0.0485. The normalized spacial score (nSPS) is 17.9. The molecule has 1 unspecified atom stereocenters. The van der Waals surface area contributed by atoms with Gasteiger partial charge in [-0.3, -0.25) is 4.79 Å². The van der Waals surface area contributed by atoms with Gasteiger partial charge in [0.05, 0.1) is 6.04 Å². The third-order valence-electron chi connectivity index (χ3n) is 4.14. The molecule has 3 heteroatoms. The Hall–Kier alpha value is -2.03. The zero-order valence-electron chi connectivity index (χ0n) is 12.0. The number of aromatic nitrogens is 1. The second kappa shape index (κ2) is 5.16. The molecule has 20 heavy (non-hydrogen) atoms. The van der Waals surface area contributed by atoms with Crippen LogP contribution in [0, 0.1) is 6.92 Å². The molecule has 1 amide bonds. The van der Waals surface area contributed by atoms with Crippen LogP contribution in [0.5, 0.6) is 0 Å². The van der Waals surface area contributed by atoms with Crippen molar-refractivity contribution in [2.24, 2.45) is 0 Å². The molecule has 104 valence electrons. The first-order chi connectivity index (χ1) is 9.72. The summed E-state index contributed by atoms with van der Waals surface area (Å²) >= 11 is 0. The van der Waals surface area contributed by atoms with Crippen molar-refractivity contribution >= 4 is 5.91 Å². The summed E-state index contributed by atoms with van der Waals surface area (Å²) in [5, 5.41) is 0. The van der Waals surface area contributed by atoms with Crippen LogP contribution < -0.4 is 0 Å². The SMILES string of the molecule is CCC(=O)N1CCn2cccc2C1c1ccccc1C. The Balaban J connectivity index is 2.12. The molecule has 1 aromatic heterocycles. The molecule has 3 rings (SSSR count). The molecule has 0 radical (unpaired) electrons. The second-order valence-corrected chi connectivity index (χ2v) is 5.33. The molecular formula is C17H20N2O. The fraction of sp³-hybridized carbons (Fsp3) is 0.353. The molecule has 0 fully saturated rings. The number of hydrogen-bond acceptors (Lipinski definition) is 1. The Morgan fingerprint density at radius 3 is 2.75 bits per heavy atom. The Morgan fingerprint density at radius 2 is 2.00 bits per heavy atom. The minimum atomic E-state index is 0.0485. The lowest BCUT2D eigenvalue weighted by Crippen LogP contribution is -2.42. The van der Waals surface area contributed by atoms with Gasteiger partial charge in [0.15, 0.2) is 0 Å². The van der Waals surface area contributed by atoms with Gasteiger partial charge in [-0.15, -0.1) is 0 Å². The van der Waals surface area contributed by atoms with Gasteiger partial charge in [0.1, 0.15) is 0 Å². The second-order valence-electron chi connectivity index (χ2n) is 5.33. The van der Waals surface area contributed by atoms with Crippen molar-refractivity contribution in [1.82, 2.24) is 9.47 Å². The number of fused-ring (bicyclic) bond motifs is 1. The van der Waals surface area contributed by atoms with Crippen molar-refractivity contribution < 1.29 is 4.79 Å². The van der Waals surface area contributed by atoms with Gasteiger partial charge < -0.3 is 9.47 Å². The maximum atomic E-state index is 12.3. The summed E-state index contributed by atoms with van der Waals surface area (Å²) in [5.41, 5.74) is 3.68. The highest BCUT2D eigenvalue weighted by atomic mass is 16.2. The molecular weight excluding hydrogens is 248 g/mol. The zero-order valence-corrected chi connectivity index (χ0v) is 12.0. The molecule has 0 N–H and O–H groups in total. The summed E-state index contributed by atoms with van der Waals surface area (Å²) in [4.78, 5) is 14.3. The molecule has 3 nitrogen and oxygen atoms in total. The van der Waals surface area contributed by atoms with Gasteiger partial charge in [-0.2, -0.15) is 0 Å². The lowest BCUT2D eigenvalue weighted by atomic mass is 9.95. The highest BCUT2D eigenvalue weighted by Gasteiger charge is 2.31. The molecule has 1 aromatic carbocycles. The van der Waals surface area contributed by atoms with Crippen molar-refractivity contribution in [2.45, 2.75) is 32.9 Å². The van der Waals surface area contributed by atoms with Crippen LogP contribution in [0.2, 0.25) is 0 Å². The predicted molar refractivity (Wildman–Crippen MR) is 79.5 cm³/mol. The molecule has 0 saturated heterocycles. The van der Waals surface area contributed by atoms with Crippen molar-refractivity contribution in [1.29, 1.82) is 0 Å². The topological polar surface area (TPSA) is 25.2 Å². The molecule has 1 aliphatic rings. The molecule has 0 saturated carbocycles. The first-order valence-electron chi connectivity index (χ1n) is 7.22. The third kappa shape index (κ3) is 2.03. The van der Waals surface area contributed by atoms with E-state index >= 15 is 0 Å². The van der Waals surface area contributed by atoms with Crippen molar-refractivity contribution in [3.63, 3.8) is 0 Å². The summed E-state index contributed by atoms with van der Waals surface area (Å²) in [6.45, 7) is 5.72. The van der Waals surface area contributed by atoms with Crippen LogP contribution in [0.1, 0.15) is 36.2 Å². The van der Waals surface area contributed by atoms with E-state index in [0.717, 1.165) is 13.1 Å². The number of amides is 1. The highest BCUT2D eigenvalue weighted by molar-refractivity contribution is 5.77. The van der Waals surface area contributed by atoms with Gasteiger partial charge >= 0.3 is 0 Å². The fourth-order valence-corrected chi connectivity index (χ4v) is 3.08. The summed E-state index contributed by atoms with van der Waals surface area (Å²) in [7, 11) is 0. The number of carbonyl (C=O) groups is 1. The summed E-state index contributed by atoms with van der Waals surface area (Å²) in [6.07, 6.45) is 2.66. The minimum Gasteiger partial charge on any atom is -0.348 e. The molecule has 0 bridgehead atoms. The molecule has 0 spiro atoms. The van der Waals surface area contributed by atoms with Gasteiger partial charge in [0.25, 0.3) is 0 Å². The van der Waals surface area contributed by atoms with E-state index in [1.54, 1.807) is 0 Å². The smallest absolute Gasteiger partial charge is 0.223 e. The quantitative estimate of drug-likeness (QED) is 0.821. The number of benzene rings is 1. The number of hydrogen-bond donors (Lipinski definition) is 0. The Labute approximate surface area is 119 Å². The van der Waals surface area contributed by atoms with Crippen LogP contribution in [0.15, 0.2) is 42.6 Å². The van der Waals surface area contributed by atoms with Crippen LogP contribution in [-0.4, -0.2) is 21.9 Å². The van der Waals surface area contributed by atoms with Gasteiger partial charge in [0, 0.05) is 31.4 Å². The standard InChI is InChI=1S/C17H20N2O/c1-3-16(20)19-12-11-18-10-6-9-15(18)17(19)14-8-5-4-7-13(14)2/h4-10,17H,3,11-12H2,1-2H3. The Bertz CT molecular complexity index is 629. The number of rotatable bonds is 2. The van der Waals surface area contributed by atoms with Crippen LogP contribution in [-0.2, 0) is 11.3 Å². The van der Waals surface area contributed by atoms with Crippen molar-refractivity contribution in [3.8, 4) is 0 Å². The van der Waals surface area contributed by atoms with Gasteiger partial charge in [-0.25, -0.2) is 0 Å². The largest absolute Gasteiger partial charge is 0.348 e. The average molecular weight is 268 g/mol. The van der Waals surface area contributed by atoms with Crippen molar-refractivity contribution in [2.75, 3.05) is 6.54 Å². The first-order valence-corrected chi connectivity index (χ1v) is 7.22. The van der Waals surface area contributed by atoms with E-state index in [9.17, 15) is 4.79 Å². The first kappa shape index (κ1) is 13.0. The maximum absolute atomic E-state index is 12.3. The molecule has 2 heterocycles. The third-order valence-corrected chi connectivity index (χ3v) is 4.14. The van der Waals surface area contributed by atoms with E-state index in [4.69, 9.17) is 0 Å². The van der Waals surface area contributed by atoms with Crippen LogP contribution in [0.25, 0.3) is 0 Å². The molecule has 1 aliphatic heterocycles. The van der Waals surface area contributed by atoms with Crippen LogP contribution >= 0.6 is 0 Å². The summed E-state index contributed by atoms with van der Waals surface area (Å²) in [5.74, 6) is 0.228. The fourth-order valence-electron chi connectivity index (χ4n) is 3.08. The molecule has 1 atom stereocenters. The van der Waals surface area contributed by atoms with E-state index in [1.807, 2.05) is 17.9 Å². The van der Waals surface area contributed by atoms with E-state index in [1.165, 1.54) is 16.8 Å². The van der Waals surface area contributed by atoms with Gasteiger partial charge in [-0.05, 0) is 30.2 Å². The van der Waals surface area contributed by atoms with Crippen LogP contribution in [0.4, 0.5) is 0 Å². The lowest BCUT2D eigenvalue weighted by Gasteiger charge is -2.38. The molecule has 0 aliphatic carbocycles. The maximum Gasteiger partial charge on any atom is 0.223 e. The van der Waals surface area contributed by atoms with E-state index in [2.05, 4.69) is 48.0 Å². The zero-order chi connectivity index (χ0) is 14.1. The highest BCUT2D eigenvalue weighted by Crippen LogP contribution is 2.34.